The highest BCUT2D eigenvalue weighted by molar-refractivity contribution is 4.85. The zero-order valence-corrected chi connectivity index (χ0v) is 12.2. The van der Waals surface area contributed by atoms with Crippen molar-refractivity contribution in [3.05, 3.63) is 0 Å². The van der Waals surface area contributed by atoms with E-state index in [9.17, 15) is 0 Å². The Morgan fingerprint density at radius 1 is 1.22 bits per heavy atom. The van der Waals surface area contributed by atoms with Gasteiger partial charge in [0.1, 0.15) is 0 Å². The fraction of sp³-hybridized carbons (Fsp3) is 1.00. The summed E-state index contributed by atoms with van der Waals surface area (Å²) in [7, 11) is 1.87. The van der Waals surface area contributed by atoms with Gasteiger partial charge in [-0.1, -0.05) is 6.92 Å². The van der Waals surface area contributed by atoms with Crippen LogP contribution in [0.25, 0.3) is 0 Å². The molecule has 2 aliphatic rings. The van der Waals surface area contributed by atoms with E-state index in [4.69, 9.17) is 4.74 Å². The van der Waals surface area contributed by atoms with Crippen molar-refractivity contribution >= 4 is 0 Å². The number of methoxy groups -OCH3 is 1. The molecule has 1 saturated carbocycles. The van der Waals surface area contributed by atoms with Gasteiger partial charge in [-0.2, -0.15) is 0 Å². The van der Waals surface area contributed by atoms with Gasteiger partial charge in [-0.25, -0.2) is 0 Å². The van der Waals surface area contributed by atoms with Gasteiger partial charge < -0.3 is 10.1 Å². The van der Waals surface area contributed by atoms with Gasteiger partial charge in [-0.3, -0.25) is 4.90 Å². The largest absolute Gasteiger partial charge is 0.381 e. The standard InChI is InChI=1S/C15H30N2O/c1-3-10-17(12-13-6-5-9-16-13)14-7-4-8-15(11-14)18-2/h13-16H,3-12H2,1-2H3. The predicted molar refractivity (Wildman–Crippen MR) is 75.9 cm³/mol. The summed E-state index contributed by atoms with van der Waals surface area (Å²) in [5.41, 5.74) is 0. The van der Waals surface area contributed by atoms with Crippen LogP contribution in [0, 0.1) is 0 Å². The number of rotatable bonds is 6. The van der Waals surface area contributed by atoms with E-state index in [0.29, 0.717) is 6.10 Å². The van der Waals surface area contributed by atoms with Crippen molar-refractivity contribution < 1.29 is 4.74 Å². The second-order valence-corrected chi connectivity index (χ2v) is 5.97. The Morgan fingerprint density at radius 2 is 2.11 bits per heavy atom. The quantitative estimate of drug-likeness (QED) is 0.788. The molecule has 1 aliphatic heterocycles. The van der Waals surface area contributed by atoms with Crippen LogP contribution in [0.4, 0.5) is 0 Å². The van der Waals surface area contributed by atoms with Crippen LogP contribution < -0.4 is 5.32 Å². The van der Waals surface area contributed by atoms with Crippen molar-refractivity contribution in [1.29, 1.82) is 0 Å². The first-order valence-corrected chi connectivity index (χ1v) is 7.83. The third-order valence-electron chi connectivity index (χ3n) is 4.58. The van der Waals surface area contributed by atoms with Gasteiger partial charge >= 0.3 is 0 Å². The normalized spacial score (nSPS) is 33.2. The summed E-state index contributed by atoms with van der Waals surface area (Å²) < 4.78 is 5.58. The first-order chi connectivity index (χ1) is 8.83. The van der Waals surface area contributed by atoms with E-state index in [0.717, 1.165) is 12.1 Å². The van der Waals surface area contributed by atoms with E-state index in [-0.39, 0.29) is 0 Å². The Kier molecular flexibility index (Phi) is 5.93. The maximum absolute atomic E-state index is 5.58. The first-order valence-electron chi connectivity index (χ1n) is 7.83. The Morgan fingerprint density at radius 3 is 2.78 bits per heavy atom. The first kappa shape index (κ1) is 14.3. The van der Waals surface area contributed by atoms with Crippen LogP contribution >= 0.6 is 0 Å². The minimum Gasteiger partial charge on any atom is -0.381 e. The van der Waals surface area contributed by atoms with Crippen molar-refractivity contribution in [2.75, 3.05) is 26.7 Å². The van der Waals surface area contributed by atoms with Crippen molar-refractivity contribution in [3.63, 3.8) is 0 Å². The van der Waals surface area contributed by atoms with Crippen molar-refractivity contribution in [3.8, 4) is 0 Å². The van der Waals surface area contributed by atoms with Crippen LogP contribution in [-0.4, -0.2) is 49.8 Å². The maximum atomic E-state index is 5.58. The molecular formula is C15H30N2O. The Bertz CT molecular complexity index is 229. The van der Waals surface area contributed by atoms with E-state index in [2.05, 4.69) is 17.1 Å². The molecule has 0 spiro atoms. The fourth-order valence-corrected chi connectivity index (χ4v) is 3.57. The minimum absolute atomic E-state index is 0.500. The second-order valence-electron chi connectivity index (χ2n) is 5.97. The SMILES string of the molecule is CCCN(CC1CCCN1)C1CCCC(OC)C1. The zero-order chi connectivity index (χ0) is 12.8. The van der Waals surface area contributed by atoms with Crippen LogP contribution in [0.5, 0.6) is 0 Å². The number of hydrogen-bond donors (Lipinski definition) is 1. The Hall–Kier alpha value is -0.120. The van der Waals surface area contributed by atoms with Gasteiger partial charge in [0.05, 0.1) is 6.10 Å². The average molecular weight is 254 g/mol. The van der Waals surface area contributed by atoms with E-state index in [1.807, 2.05) is 7.11 Å². The lowest BCUT2D eigenvalue weighted by atomic mass is 9.91. The number of nitrogens with one attached hydrogen (secondary N) is 1. The average Bonchev–Trinajstić information content (AvgIpc) is 2.91. The molecule has 1 N–H and O–H groups in total. The molecule has 0 bridgehead atoms. The summed E-state index contributed by atoms with van der Waals surface area (Å²) in [6.07, 6.45) is 9.68. The molecule has 0 amide bonds. The zero-order valence-electron chi connectivity index (χ0n) is 12.2. The molecule has 3 heteroatoms. The molecule has 106 valence electrons. The van der Waals surface area contributed by atoms with Crippen LogP contribution in [-0.2, 0) is 4.74 Å². The molecule has 0 aromatic heterocycles. The molecule has 2 rings (SSSR count). The monoisotopic (exact) mass is 254 g/mol. The molecule has 1 heterocycles. The van der Waals surface area contributed by atoms with E-state index in [1.165, 1.54) is 64.6 Å². The summed E-state index contributed by atoms with van der Waals surface area (Å²) >= 11 is 0. The predicted octanol–water partition coefficient (Wildman–Crippen LogP) is 2.41. The van der Waals surface area contributed by atoms with Crippen LogP contribution in [0.15, 0.2) is 0 Å². The van der Waals surface area contributed by atoms with Crippen molar-refractivity contribution in [1.82, 2.24) is 10.2 Å². The summed E-state index contributed by atoms with van der Waals surface area (Å²) in [6.45, 7) is 6.01. The number of nitrogens with zero attached hydrogens (tertiary/aromatic N) is 1. The smallest absolute Gasteiger partial charge is 0.0586 e. The lowest BCUT2D eigenvalue weighted by Crippen LogP contribution is -2.46. The van der Waals surface area contributed by atoms with Crippen LogP contribution in [0.3, 0.4) is 0 Å². The van der Waals surface area contributed by atoms with Gasteiger partial charge in [0, 0.05) is 25.7 Å². The second kappa shape index (κ2) is 7.46. The summed E-state index contributed by atoms with van der Waals surface area (Å²) in [5, 5.41) is 3.64. The molecule has 18 heavy (non-hydrogen) atoms. The maximum Gasteiger partial charge on any atom is 0.0586 e. The van der Waals surface area contributed by atoms with Crippen molar-refractivity contribution in [2.24, 2.45) is 0 Å². The van der Waals surface area contributed by atoms with Gasteiger partial charge in [0.25, 0.3) is 0 Å². The number of ether oxygens (including phenoxy) is 1. The fourth-order valence-electron chi connectivity index (χ4n) is 3.57. The van der Waals surface area contributed by atoms with Crippen molar-refractivity contribution in [2.45, 2.75) is 70.1 Å². The molecule has 2 fully saturated rings. The third-order valence-corrected chi connectivity index (χ3v) is 4.58. The summed E-state index contributed by atoms with van der Waals surface area (Å²) in [6, 6.07) is 1.49. The van der Waals surface area contributed by atoms with Gasteiger partial charge in [-0.05, 0) is 58.0 Å². The molecule has 3 unspecified atom stereocenters. The molecule has 0 aromatic rings. The molecule has 3 nitrogen and oxygen atoms in total. The van der Waals surface area contributed by atoms with E-state index >= 15 is 0 Å². The van der Waals surface area contributed by atoms with Crippen LogP contribution in [0.2, 0.25) is 0 Å². The molecule has 1 aliphatic carbocycles. The van der Waals surface area contributed by atoms with Gasteiger partial charge in [0.2, 0.25) is 0 Å². The lowest BCUT2D eigenvalue weighted by molar-refractivity contribution is 0.0257. The highest BCUT2D eigenvalue weighted by atomic mass is 16.5. The van der Waals surface area contributed by atoms with Crippen LogP contribution in [0.1, 0.15) is 51.9 Å². The summed E-state index contributed by atoms with van der Waals surface area (Å²) in [5.74, 6) is 0. The van der Waals surface area contributed by atoms with E-state index < -0.39 is 0 Å². The Balaban J connectivity index is 1.86. The van der Waals surface area contributed by atoms with Gasteiger partial charge in [-0.15, -0.1) is 0 Å². The highest BCUT2D eigenvalue weighted by Crippen LogP contribution is 2.25. The third kappa shape index (κ3) is 3.94. The molecule has 0 radical (unpaired) electrons. The van der Waals surface area contributed by atoms with E-state index in [1.54, 1.807) is 0 Å². The number of hydrogen-bond acceptors (Lipinski definition) is 3. The highest BCUT2D eigenvalue weighted by Gasteiger charge is 2.28. The molecule has 1 saturated heterocycles. The minimum atomic E-state index is 0.500. The molecule has 0 aromatic carbocycles. The Labute approximate surface area is 112 Å². The lowest BCUT2D eigenvalue weighted by Gasteiger charge is -2.38. The van der Waals surface area contributed by atoms with Gasteiger partial charge in [0.15, 0.2) is 0 Å². The molecular weight excluding hydrogens is 224 g/mol. The summed E-state index contributed by atoms with van der Waals surface area (Å²) in [4.78, 5) is 2.73. The molecule has 3 atom stereocenters. The topological polar surface area (TPSA) is 24.5 Å².